The molecule has 0 unspecified atom stereocenters. The Kier molecular flexibility index (Phi) is 4.80. The fourth-order valence-electron chi connectivity index (χ4n) is 1.07. The number of hydrogen-bond acceptors (Lipinski definition) is 4. The first-order valence-corrected chi connectivity index (χ1v) is 5.47. The van der Waals surface area contributed by atoms with Crippen LogP contribution in [0.2, 0.25) is 0 Å². The molecule has 0 saturated carbocycles. The molecule has 0 aliphatic carbocycles. The fourth-order valence-corrected chi connectivity index (χ4v) is 1.43. The molecule has 0 aliphatic rings. The van der Waals surface area contributed by atoms with Crippen LogP contribution in [0.25, 0.3) is 0 Å². The van der Waals surface area contributed by atoms with Crippen molar-refractivity contribution in [2.75, 3.05) is 6.61 Å². The van der Waals surface area contributed by atoms with E-state index in [1.807, 2.05) is 6.07 Å². The summed E-state index contributed by atoms with van der Waals surface area (Å²) in [6, 6.07) is 6.48. The molecule has 1 N–H and O–H groups in total. The topological polar surface area (TPSA) is 70.3 Å². The van der Waals surface area contributed by atoms with Gasteiger partial charge in [0, 0.05) is 10.9 Å². The minimum atomic E-state index is -0.586. The molecule has 5 heteroatoms. The van der Waals surface area contributed by atoms with Crippen molar-refractivity contribution in [3.63, 3.8) is 0 Å². The predicted octanol–water partition coefficient (Wildman–Crippen LogP) is 2.62. The summed E-state index contributed by atoms with van der Waals surface area (Å²) in [6.45, 7) is 0.179. The van der Waals surface area contributed by atoms with Crippen LogP contribution in [0.4, 0.5) is 0 Å². The van der Waals surface area contributed by atoms with Crippen molar-refractivity contribution in [1.82, 2.24) is 0 Å². The minimum absolute atomic E-state index is 0.117. The lowest BCUT2D eigenvalue weighted by Gasteiger charge is -2.05. The molecule has 1 aromatic rings. The van der Waals surface area contributed by atoms with Gasteiger partial charge in [0.25, 0.3) is 0 Å². The molecule has 1 aromatic carbocycles. The highest BCUT2D eigenvalue weighted by atomic mass is 79.9. The van der Waals surface area contributed by atoms with Gasteiger partial charge in [-0.15, -0.1) is 0 Å². The number of hydrogen-bond donors (Lipinski definition) is 1. The first-order chi connectivity index (χ1) is 7.65. The van der Waals surface area contributed by atoms with Gasteiger partial charge in [-0.3, -0.25) is 0 Å². The third kappa shape index (κ3) is 3.55. The van der Waals surface area contributed by atoms with E-state index in [0.717, 1.165) is 0 Å². The van der Waals surface area contributed by atoms with Gasteiger partial charge < -0.3 is 9.84 Å². The summed E-state index contributed by atoms with van der Waals surface area (Å²) in [4.78, 5) is 11.5. The molecule has 0 aromatic heterocycles. The molecule has 1 rings (SSSR count). The highest BCUT2D eigenvalue weighted by Gasteiger charge is 2.12. The zero-order chi connectivity index (χ0) is 12.0. The number of phenols is 1. The number of nitrogens with zero attached hydrogens (tertiary/aromatic N) is 1. The van der Waals surface area contributed by atoms with Gasteiger partial charge in [-0.2, -0.15) is 5.26 Å². The van der Waals surface area contributed by atoms with Gasteiger partial charge in [0.1, 0.15) is 11.3 Å². The summed E-state index contributed by atoms with van der Waals surface area (Å²) < 4.78 is 5.58. The first kappa shape index (κ1) is 12.5. The molecule has 0 spiro atoms. The molecule has 84 valence electrons. The third-order valence-corrected chi connectivity index (χ3v) is 2.34. The van der Waals surface area contributed by atoms with E-state index in [-0.39, 0.29) is 17.9 Å². The average Bonchev–Trinajstić information content (AvgIpc) is 2.27. The highest BCUT2D eigenvalue weighted by molar-refractivity contribution is 9.10. The number of unbranched alkanes of at least 4 members (excludes halogenated alkanes) is 1. The van der Waals surface area contributed by atoms with Gasteiger partial charge >= 0.3 is 5.97 Å². The van der Waals surface area contributed by atoms with E-state index in [2.05, 4.69) is 15.9 Å². The number of carbonyl (C=O) groups excluding carboxylic acids is 1. The standard InChI is InChI=1S/C11H10BrNO3/c12-8-3-4-10(14)9(7-8)11(15)16-6-2-1-5-13/h3-4,7,14H,1-2,6H2. The van der Waals surface area contributed by atoms with E-state index in [0.29, 0.717) is 17.3 Å². The van der Waals surface area contributed by atoms with Crippen LogP contribution in [0.3, 0.4) is 0 Å². The second-order valence-corrected chi connectivity index (χ2v) is 3.97. The van der Waals surface area contributed by atoms with Crippen molar-refractivity contribution in [1.29, 1.82) is 5.26 Å². The van der Waals surface area contributed by atoms with E-state index >= 15 is 0 Å². The number of rotatable bonds is 4. The Balaban J connectivity index is 2.59. The van der Waals surface area contributed by atoms with Gasteiger partial charge in [0.2, 0.25) is 0 Å². The van der Waals surface area contributed by atoms with Gasteiger partial charge in [-0.05, 0) is 24.6 Å². The molecule has 0 atom stereocenters. The molecule has 16 heavy (non-hydrogen) atoms. The minimum Gasteiger partial charge on any atom is -0.507 e. The number of benzene rings is 1. The lowest BCUT2D eigenvalue weighted by molar-refractivity contribution is 0.0498. The predicted molar refractivity (Wildman–Crippen MR) is 60.9 cm³/mol. The van der Waals surface area contributed by atoms with Gasteiger partial charge in [-0.25, -0.2) is 4.79 Å². The number of esters is 1. The number of aromatic hydroxyl groups is 1. The van der Waals surface area contributed by atoms with E-state index < -0.39 is 5.97 Å². The first-order valence-electron chi connectivity index (χ1n) is 4.67. The van der Waals surface area contributed by atoms with Crippen LogP contribution in [0.1, 0.15) is 23.2 Å². The number of halogens is 1. The molecule has 0 heterocycles. The van der Waals surface area contributed by atoms with Gasteiger partial charge in [0.15, 0.2) is 0 Å². The lowest BCUT2D eigenvalue weighted by atomic mass is 10.2. The summed E-state index contributed by atoms with van der Waals surface area (Å²) in [6.07, 6.45) is 0.842. The molecular weight excluding hydrogens is 274 g/mol. The Bertz CT molecular complexity index is 426. The van der Waals surface area contributed by atoms with Gasteiger partial charge in [-0.1, -0.05) is 15.9 Å². The Morgan fingerprint density at radius 1 is 1.56 bits per heavy atom. The maximum atomic E-state index is 11.5. The van der Waals surface area contributed by atoms with Crippen LogP contribution in [0.15, 0.2) is 22.7 Å². The number of nitriles is 1. The zero-order valence-corrected chi connectivity index (χ0v) is 10.0. The van der Waals surface area contributed by atoms with Crippen molar-refractivity contribution < 1.29 is 14.6 Å². The molecule has 0 saturated heterocycles. The van der Waals surface area contributed by atoms with Crippen LogP contribution in [-0.4, -0.2) is 17.7 Å². The van der Waals surface area contributed by atoms with Crippen molar-refractivity contribution in [2.24, 2.45) is 0 Å². The zero-order valence-electron chi connectivity index (χ0n) is 8.44. The SMILES string of the molecule is N#CCCCOC(=O)c1cc(Br)ccc1O. The van der Waals surface area contributed by atoms with Crippen LogP contribution in [0, 0.1) is 11.3 Å². The second kappa shape index (κ2) is 6.13. The van der Waals surface area contributed by atoms with Crippen molar-refractivity contribution in [2.45, 2.75) is 12.8 Å². The highest BCUT2D eigenvalue weighted by Crippen LogP contribution is 2.22. The number of ether oxygens (including phenoxy) is 1. The van der Waals surface area contributed by atoms with Crippen LogP contribution in [0.5, 0.6) is 5.75 Å². The summed E-state index contributed by atoms with van der Waals surface area (Å²) in [5, 5.41) is 17.7. The monoisotopic (exact) mass is 283 g/mol. The van der Waals surface area contributed by atoms with Crippen molar-refractivity contribution >= 4 is 21.9 Å². The largest absolute Gasteiger partial charge is 0.507 e. The summed E-state index contributed by atoms with van der Waals surface area (Å²) in [7, 11) is 0. The molecule has 0 amide bonds. The van der Waals surface area contributed by atoms with E-state index in [1.54, 1.807) is 6.07 Å². The van der Waals surface area contributed by atoms with Crippen molar-refractivity contribution in [3.8, 4) is 11.8 Å². The maximum absolute atomic E-state index is 11.5. The Hall–Kier alpha value is -1.54. The number of phenolic OH excluding ortho intramolecular Hbond substituents is 1. The second-order valence-electron chi connectivity index (χ2n) is 3.06. The van der Waals surface area contributed by atoms with E-state index in [9.17, 15) is 9.90 Å². The maximum Gasteiger partial charge on any atom is 0.341 e. The molecule has 0 radical (unpaired) electrons. The summed E-state index contributed by atoms with van der Waals surface area (Å²) >= 11 is 3.20. The average molecular weight is 284 g/mol. The van der Waals surface area contributed by atoms with E-state index in [1.165, 1.54) is 12.1 Å². The molecule has 4 nitrogen and oxygen atoms in total. The molecular formula is C11H10BrNO3. The van der Waals surface area contributed by atoms with Crippen LogP contribution >= 0.6 is 15.9 Å². The van der Waals surface area contributed by atoms with Gasteiger partial charge in [0.05, 0.1) is 12.7 Å². The normalized spacial score (nSPS) is 9.50. The smallest absolute Gasteiger partial charge is 0.341 e. The Morgan fingerprint density at radius 2 is 2.31 bits per heavy atom. The van der Waals surface area contributed by atoms with E-state index in [4.69, 9.17) is 10.00 Å². The van der Waals surface area contributed by atoms with Crippen LogP contribution < -0.4 is 0 Å². The lowest BCUT2D eigenvalue weighted by Crippen LogP contribution is -2.06. The number of carbonyl (C=O) groups is 1. The summed E-state index contributed by atoms with van der Waals surface area (Å²) in [5.41, 5.74) is 0.117. The molecule has 0 bridgehead atoms. The third-order valence-electron chi connectivity index (χ3n) is 1.84. The summed E-state index contributed by atoms with van der Waals surface area (Å²) in [5.74, 6) is -0.703. The quantitative estimate of drug-likeness (QED) is 0.681. The molecule has 0 aliphatic heterocycles. The van der Waals surface area contributed by atoms with Crippen LogP contribution in [-0.2, 0) is 4.74 Å². The Morgan fingerprint density at radius 3 is 3.00 bits per heavy atom. The van der Waals surface area contributed by atoms with Crippen molar-refractivity contribution in [3.05, 3.63) is 28.2 Å². The molecule has 0 fully saturated rings. The fraction of sp³-hybridized carbons (Fsp3) is 0.273. The Labute approximate surface area is 102 Å².